The van der Waals surface area contributed by atoms with Gasteiger partial charge in [0.25, 0.3) is 0 Å². The SMILES string of the molecule is O=C(CCC1CCCN(Cc2nc3ccccc3[nH]2)C1)NC1CC1. The normalized spacial score (nSPS) is 21.9. The number of hydrogen-bond donors (Lipinski definition) is 2. The predicted octanol–water partition coefficient (Wildman–Crippen LogP) is 2.83. The van der Waals surface area contributed by atoms with Gasteiger partial charge in [0, 0.05) is 19.0 Å². The van der Waals surface area contributed by atoms with Gasteiger partial charge in [-0.1, -0.05) is 12.1 Å². The van der Waals surface area contributed by atoms with Crippen LogP contribution < -0.4 is 5.32 Å². The maximum atomic E-state index is 11.9. The maximum absolute atomic E-state index is 11.9. The lowest BCUT2D eigenvalue weighted by atomic mass is 9.93. The lowest BCUT2D eigenvalue weighted by Gasteiger charge is -2.32. The number of aromatic amines is 1. The molecule has 1 unspecified atom stereocenters. The topological polar surface area (TPSA) is 61.0 Å². The van der Waals surface area contributed by atoms with Gasteiger partial charge in [-0.2, -0.15) is 0 Å². The summed E-state index contributed by atoms with van der Waals surface area (Å²) in [5.74, 6) is 1.92. The van der Waals surface area contributed by atoms with Crippen molar-refractivity contribution in [2.75, 3.05) is 13.1 Å². The monoisotopic (exact) mass is 326 g/mol. The van der Waals surface area contributed by atoms with E-state index >= 15 is 0 Å². The van der Waals surface area contributed by atoms with Gasteiger partial charge < -0.3 is 10.3 Å². The zero-order valence-corrected chi connectivity index (χ0v) is 14.1. The first kappa shape index (κ1) is 15.6. The van der Waals surface area contributed by atoms with E-state index in [9.17, 15) is 4.79 Å². The molecule has 1 aliphatic carbocycles. The molecule has 1 aromatic carbocycles. The maximum Gasteiger partial charge on any atom is 0.220 e. The number of carbonyl (C=O) groups excluding carboxylic acids is 1. The fraction of sp³-hybridized carbons (Fsp3) is 0.579. The van der Waals surface area contributed by atoms with Gasteiger partial charge in [0.15, 0.2) is 0 Å². The van der Waals surface area contributed by atoms with Crippen molar-refractivity contribution in [1.29, 1.82) is 0 Å². The van der Waals surface area contributed by atoms with Crippen LogP contribution >= 0.6 is 0 Å². The Morgan fingerprint density at radius 3 is 3.00 bits per heavy atom. The second kappa shape index (κ2) is 6.93. The van der Waals surface area contributed by atoms with E-state index in [1.165, 1.54) is 25.7 Å². The number of rotatable bonds is 6. The zero-order valence-electron chi connectivity index (χ0n) is 14.1. The van der Waals surface area contributed by atoms with Crippen LogP contribution in [0, 0.1) is 5.92 Å². The number of piperidine rings is 1. The Morgan fingerprint density at radius 1 is 1.29 bits per heavy atom. The van der Waals surface area contributed by atoms with Gasteiger partial charge >= 0.3 is 0 Å². The van der Waals surface area contributed by atoms with E-state index in [2.05, 4.69) is 26.3 Å². The quantitative estimate of drug-likeness (QED) is 0.858. The Morgan fingerprint density at radius 2 is 2.17 bits per heavy atom. The average Bonchev–Trinajstić information content (AvgIpc) is 3.30. The number of amides is 1. The number of carbonyl (C=O) groups is 1. The molecule has 0 radical (unpaired) electrons. The summed E-state index contributed by atoms with van der Waals surface area (Å²) in [6.07, 6.45) is 6.48. The summed E-state index contributed by atoms with van der Waals surface area (Å²) in [5.41, 5.74) is 2.15. The van der Waals surface area contributed by atoms with Gasteiger partial charge in [0.2, 0.25) is 5.91 Å². The van der Waals surface area contributed by atoms with Crippen LogP contribution in [-0.2, 0) is 11.3 Å². The van der Waals surface area contributed by atoms with Crippen molar-refractivity contribution in [1.82, 2.24) is 20.2 Å². The second-order valence-corrected chi connectivity index (χ2v) is 7.32. The predicted molar refractivity (Wildman–Crippen MR) is 94.5 cm³/mol. The molecule has 2 heterocycles. The van der Waals surface area contributed by atoms with Crippen molar-refractivity contribution >= 4 is 16.9 Å². The van der Waals surface area contributed by atoms with Crippen LogP contribution in [0.25, 0.3) is 11.0 Å². The minimum absolute atomic E-state index is 0.243. The molecule has 1 aliphatic heterocycles. The third kappa shape index (κ3) is 3.96. The molecule has 2 aromatic rings. The average molecular weight is 326 g/mol. The molecular weight excluding hydrogens is 300 g/mol. The molecule has 2 fully saturated rings. The van der Waals surface area contributed by atoms with Crippen molar-refractivity contribution in [2.45, 2.75) is 51.1 Å². The number of likely N-dealkylation sites (tertiary alicyclic amines) is 1. The summed E-state index contributed by atoms with van der Waals surface area (Å²) < 4.78 is 0. The second-order valence-electron chi connectivity index (χ2n) is 7.32. The van der Waals surface area contributed by atoms with Gasteiger partial charge in [0.05, 0.1) is 17.6 Å². The smallest absolute Gasteiger partial charge is 0.220 e. The van der Waals surface area contributed by atoms with E-state index in [0.29, 0.717) is 18.4 Å². The first-order chi connectivity index (χ1) is 11.8. The van der Waals surface area contributed by atoms with Crippen LogP contribution in [0.2, 0.25) is 0 Å². The van der Waals surface area contributed by atoms with Gasteiger partial charge in [0.1, 0.15) is 5.82 Å². The number of H-pyrrole nitrogens is 1. The van der Waals surface area contributed by atoms with Crippen LogP contribution in [0.4, 0.5) is 0 Å². The summed E-state index contributed by atoms with van der Waals surface area (Å²) in [4.78, 5) is 22.4. The van der Waals surface area contributed by atoms with Gasteiger partial charge in [-0.25, -0.2) is 4.98 Å². The number of para-hydroxylation sites is 2. The Kier molecular flexibility index (Phi) is 4.52. The minimum Gasteiger partial charge on any atom is -0.353 e. The molecule has 24 heavy (non-hydrogen) atoms. The number of fused-ring (bicyclic) bond motifs is 1. The third-order valence-electron chi connectivity index (χ3n) is 5.14. The van der Waals surface area contributed by atoms with Crippen LogP contribution in [-0.4, -0.2) is 39.9 Å². The molecule has 5 heteroatoms. The highest BCUT2D eigenvalue weighted by Gasteiger charge is 2.25. The summed E-state index contributed by atoms with van der Waals surface area (Å²) in [7, 11) is 0. The Hall–Kier alpha value is -1.88. The number of aromatic nitrogens is 2. The highest BCUT2D eigenvalue weighted by Crippen LogP contribution is 2.23. The largest absolute Gasteiger partial charge is 0.353 e. The Balaban J connectivity index is 1.28. The molecule has 1 saturated carbocycles. The molecule has 1 amide bonds. The van der Waals surface area contributed by atoms with E-state index < -0.39 is 0 Å². The van der Waals surface area contributed by atoms with E-state index in [1.54, 1.807) is 0 Å². The van der Waals surface area contributed by atoms with Crippen LogP contribution in [0.15, 0.2) is 24.3 Å². The summed E-state index contributed by atoms with van der Waals surface area (Å²) in [5, 5.41) is 3.09. The van der Waals surface area contributed by atoms with Crippen molar-refractivity contribution in [3.63, 3.8) is 0 Å². The Labute approximate surface area is 142 Å². The van der Waals surface area contributed by atoms with Gasteiger partial charge in [-0.15, -0.1) is 0 Å². The van der Waals surface area contributed by atoms with E-state index in [-0.39, 0.29) is 5.91 Å². The minimum atomic E-state index is 0.243. The zero-order chi connectivity index (χ0) is 16.4. The molecule has 1 atom stereocenters. The number of nitrogens with zero attached hydrogens (tertiary/aromatic N) is 2. The number of hydrogen-bond acceptors (Lipinski definition) is 3. The number of imidazole rings is 1. The number of nitrogens with one attached hydrogen (secondary N) is 2. The molecule has 128 valence electrons. The van der Waals surface area contributed by atoms with E-state index in [4.69, 9.17) is 0 Å². The molecule has 1 aromatic heterocycles. The first-order valence-corrected chi connectivity index (χ1v) is 9.21. The van der Waals surface area contributed by atoms with Crippen LogP contribution in [0.1, 0.15) is 44.3 Å². The van der Waals surface area contributed by atoms with Crippen LogP contribution in [0.5, 0.6) is 0 Å². The molecule has 2 N–H and O–H groups in total. The van der Waals surface area contributed by atoms with Crippen molar-refractivity contribution in [2.24, 2.45) is 5.92 Å². The lowest BCUT2D eigenvalue weighted by molar-refractivity contribution is -0.121. The molecule has 5 nitrogen and oxygen atoms in total. The van der Waals surface area contributed by atoms with Crippen LogP contribution in [0.3, 0.4) is 0 Å². The van der Waals surface area contributed by atoms with Crippen molar-refractivity contribution in [3.05, 3.63) is 30.1 Å². The molecule has 4 rings (SSSR count). The number of benzene rings is 1. The summed E-state index contributed by atoms with van der Waals surface area (Å²) in [6, 6.07) is 8.66. The van der Waals surface area contributed by atoms with Gasteiger partial charge in [-0.3, -0.25) is 9.69 Å². The highest BCUT2D eigenvalue weighted by atomic mass is 16.1. The van der Waals surface area contributed by atoms with Crippen molar-refractivity contribution in [3.8, 4) is 0 Å². The summed E-state index contributed by atoms with van der Waals surface area (Å²) in [6.45, 7) is 3.08. The molecule has 0 bridgehead atoms. The molecule has 2 aliphatic rings. The summed E-state index contributed by atoms with van der Waals surface area (Å²) >= 11 is 0. The van der Waals surface area contributed by atoms with E-state index in [1.807, 2.05) is 18.2 Å². The molecular formula is C19H26N4O. The first-order valence-electron chi connectivity index (χ1n) is 9.21. The fourth-order valence-corrected chi connectivity index (χ4v) is 3.69. The third-order valence-corrected chi connectivity index (χ3v) is 5.14. The molecule has 0 spiro atoms. The lowest BCUT2D eigenvalue weighted by Crippen LogP contribution is -2.36. The van der Waals surface area contributed by atoms with Crippen molar-refractivity contribution < 1.29 is 4.79 Å². The Bertz CT molecular complexity index is 673. The van der Waals surface area contributed by atoms with Gasteiger partial charge in [-0.05, 0) is 56.7 Å². The van der Waals surface area contributed by atoms with E-state index in [0.717, 1.165) is 42.9 Å². The molecule has 1 saturated heterocycles. The standard InChI is InChI=1S/C19H26N4O/c24-19(20-15-8-9-15)10-7-14-4-3-11-23(12-14)13-18-21-16-5-1-2-6-17(16)22-18/h1-2,5-6,14-15H,3-4,7-13H2,(H,20,24)(H,21,22). The highest BCUT2D eigenvalue weighted by molar-refractivity contribution is 5.76. The fourth-order valence-electron chi connectivity index (χ4n) is 3.69.